The van der Waals surface area contributed by atoms with E-state index in [0.29, 0.717) is 31.7 Å². The van der Waals surface area contributed by atoms with Gasteiger partial charge in [-0.25, -0.2) is 0 Å². The largest absolute Gasteiger partial charge is 0.374 e. The highest BCUT2D eigenvalue weighted by molar-refractivity contribution is 5.81. The van der Waals surface area contributed by atoms with Gasteiger partial charge in [0.2, 0.25) is 5.91 Å². The Kier molecular flexibility index (Phi) is 10.9. The molecule has 5 nitrogen and oxygen atoms in total. The topological polar surface area (TPSA) is 62.4 Å². The Bertz CT molecular complexity index is 494. The Hall–Kier alpha value is -0.650. The Labute approximate surface area is 181 Å². The van der Waals surface area contributed by atoms with Gasteiger partial charge in [0.05, 0.1) is 5.60 Å². The number of ether oxygens (including phenoxy) is 1. The van der Waals surface area contributed by atoms with Crippen molar-refractivity contribution in [3.05, 3.63) is 0 Å². The Morgan fingerprint density at radius 3 is 1.90 bits per heavy atom. The van der Waals surface area contributed by atoms with E-state index in [1.54, 1.807) is 0 Å². The highest BCUT2D eigenvalue weighted by atomic mass is 16.5. The molecule has 0 fully saturated rings. The van der Waals surface area contributed by atoms with Crippen molar-refractivity contribution in [2.45, 2.75) is 119 Å². The molecule has 29 heavy (non-hydrogen) atoms. The molecule has 0 heterocycles. The van der Waals surface area contributed by atoms with E-state index >= 15 is 0 Å². The first-order valence-electron chi connectivity index (χ1n) is 11.3. The van der Waals surface area contributed by atoms with Crippen LogP contribution in [0, 0.1) is 10.8 Å². The molecule has 0 rings (SSSR count). The van der Waals surface area contributed by atoms with Crippen molar-refractivity contribution in [3.8, 4) is 0 Å². The number of nitrogens with one attached hydrogen (secondary N) is 3. The van der Waals surface area contributed by atoms with Gasteiger partial charge in [-0.15, -0.1) is 0 Å². The van der Waals surface area contributed by atoms with Gasteiger partial charge in [0.15, 0.2) is 0 Å². The number of amides is 1. The van der Waals surface area contributed by atoms with Crippen molar-refractivity contribution in [3.63, 3.8) is 0 Å². The zero-order chi connectivity index (χ0) is 23.1. The minimum atomic E-state index is -0.455. The van der Waals surface area contributed by atoms with Crippen molar-refractivity contribution in [2.75, 3.05) is 19.7 Å². The van der Waals surface area contributed by atoms with Crippen molar-refractivity contribution >= 4 is 5.91 Å². The summed E-state index contributed by atoms with van der Waals surface area (Å²) in [5, 5.41) is 10.2. The predicted octanol–water partition coefficient (Wildman–Crippen LogP) is 4.51. The van der Waals surface area contributed by atoms with Crippen LogP contribution in [0.3, 0.4) is 0 Å². The van der Waals surface area contributed by atoms with Crippen LogP contribution in [-0.2, 0) is 9.53 Å². The summed E-state index contributed by atoms with van der Waals surface area (Å²) in [6, 6.07) is 0.874. The van der Waals surface area contributed by atoms with Gasteiger partial charge in [0, 0.05) is 42.7 Å². The number of hydrogen-bond donors (Lipinski definition) is 3. The summed E-state index contributed by atoms with van der Waals surface area (Å²) in [6.45, 7) is 27.7. The van der Waals surface area contributed by atoms with Crippen LogP contribution in [0.2, 0.25) is 0 Å². The maximum atomic E-state index is 12.8. The molecule has 0 aliphatic rings. The number of hydrogen-bond acceptors (Lipinski definition) is 4. The molecule has 0 aromatic carbocycles. The van der Waals surface area contributed by atoms with E-state index in [9.17, 15) is 4.79 Å². The second-order valence-corrected chi connectivity index (χ2v) is 12.0. The molecule has 0 bridgehead atoms. The fraction of sp³-hybridized carbons (Fsp3) is 0.958. The van der Waals surface area contributed by atoms with Crippen LogP contribution >= 0.6 is 0 Å². The molecule has 0 aliphatic heterocycles. The van der Waals surface area contributed by atoms with E-state index in [0.717, 1.165) is 13.0 Å². The summed E-state index contributed by atoms with van der Waals surface area (Å²) in [5.41, 5.74) is -0.656. The van der Waals surface area contributed by atoms with Gasteiger partial charge in [-0.3, -0.25) is 4.79 Å². The first-order chi connectivity index (χ1) is 12.9. The van der Waals surface area contributed by atoms with E-state index in [2.05, 4.69) is 85.2 Å². The molecule has 0 saturated carbocycles. The molecule has 174 valence electrons. The van der Waals surface area contributed by atoms with E-state index in [4.69, 9.17) is 4.74 Å². The first-order valence-corrected chi connectivity index (χ1v) is 11.3. The zero-order valence-electron chi connectivity index (χ0n) is 21.5. The van der Waals surface area contributed by atoms with Gasteiger partial charge < -0.3 is 20.7 Å². The lowest BCUT2D eigenvalue weighted by atomic mass is 9.79. The normalized spacial score (nSPS) is 14.0. The van der Waals surface area contributed by atoms with E-state index in [1.165, 1.54) is 0 Å². The molecular formula is C24H51N3O2. The fourth-order valence-corrected chi connectivity index (χ4v) is 3.85. The van der Waals surface area contributed by atoms with Crippen molar-refractivity contribution in [1.29, 1.82) is 0 Å². The first kappa shape index (κ1) is 28.4. The van der Waals surface area contributed by atoms with Crippen LogP contribution in [0.1, 0.15) is 95.9 Å². The summed E-state index contributed by atoms with van der Waals surface area (Å²) in [4.78, 5) is 12.8. The fourth-order valence-electron chi connectivity index (χ4n) is 3.85. The van der Waals surface area contributed by atoms with Crippen LogP contribution < -0.4 is 16.0 Å². The minimum absolute atomic E-state index is 0.0120. The highest BCUT2D eigenvalue weighted by Crippen LogP contribution is 2.29. The van der Waals surface area contributed by atoms with Crippen LogP contribution in [0.5, 0.6) is 0 Å². The molecule has 0 aromatic heterocycles. The Morgan fingerprint density at radius 1 is 0.862 bits per heavy atom. The van der Waals surface area contributed by atoms with Crippen LogP contribution in [0.15, 0.2) is 0 Å². The standard InChI is InChI=1S/C24H51N3O2/c1-18(2)25-17-24(11,12)29-14-13-22(7,8)20(28)26-16-21(5,6)15-23(9,10)27-19(3)4/h18-19,25,27H,13-17H2,1-12H3,(H,26,28). The summed E-state index contributed by atoms with van der Waals surface area (Å²) >= 11 is 0. The van der Waals surface area contributed by atoms with Crippen LogP contribution in [0.4, 0.5) is 0 Å². The smallest absolute Gasteiger partial charge is 0.225 e. The maximum absolute atomic E-state index is 12.8. The lowest BCUT2D eigenvalue weighted by Crippen LogP contribution is -2.49. The second kappa shape index (κ2) is 11.1. The summed E-state index contributed by atoms with van der Waals surface area (Å²) in [5.74, 6) is 0.0990. The summed E-state index contributed by atoms with van der Waals surface area (Å²) in [6.07, 6.45) is 1.68. The van der Waals surface area contributed by atoms with Crippen LogP contribution in [0.25, 0.3) is 0 Å². The van der Waals surface area contributed by atoms with Gasteiger partial charge in [-0.05, 0) is 46.0 Å². The lowest BCUT2D eigenvalue weighted by molar-refractivity contribution is -0.131. The SMILES string of the molecule is CC(C)NCC(C)(C)OCCC(C)(C)C(=O)NCC(C)(C)CC(C)(C)NC(C)C. The quantitative estimate of drug-likeness (QED) is 0.392. The molecular weight excluding hydrogens is 362 g/mol. The number of carbonyl (C=O) groups is 1. The molecule has 0 unspecified atom stereocenters. The summed E-state index contributed by atoms with van der Waals surface area (Å²) in [7, 11) is 0. The number of carbonyl (C=O) groups excluding carboxylic acids is 1. The third-order valence-corrected chi connectivity index (χ3v) is 5.10. The predicted molar refractivity (Wildman–Crippen MR) is 125 cm³/mol. The van der Waals surface area contributed by atoms with Gasteiger partial charge >= 0.3 is 0 Å². The molecule has 0 aromatic rings. The van der Waals surface area contributed by atoms with Gasteiger partial charge in [0.1, 0.15) is 0 Å². The van der Waals surface area contributed by atoms with E-state index in [-0.39, 0.29) is 22.5 Å². The third kappa shape index (κ3) is 13.3. The van der Waals surface area contributed by atoms with Crippen molar-refractivity contribution in [2.24, 2.45) is 10.8 Å². The van der Waals surface area contributed by atoms with Crippen molar-refractivity contribution < 1.29 is 9.53 Å². The Morgan fingerprint density at radius 2 is 1.41 bits per heavy atom. The molecule has 0 spiro atoms. The average Bonchev–Trinajstić information content (AvgIpc) is 2.47. The highest BCUT2D eigenvalue weighted by Gasteiger charge is 2.33. The molecule has 5 heteroatoms. The Balaban J connectivity index is 4.55. The lowest BCUT2D eigenvalue weighted by Gasteiger charge is -2.38. The molecule has 0 aliphatic carbocycles. The molecule has 0 saturated heterocycles. The number of rotatable bonds is 14. The third-order valence-electron chi connectivity index (χ3n) is 5.10. The summed E-state index contributed by atoms with van der Waals surface area (Å²) < 4.78 is 6.06. The zero-order valence-corrected chi connectivity index (χ0v) is 21.5. The molecule has 3 N–H and O–H groups in total. The van der Waals surface area contributed by atoms with Crippen molar-refractivity contribution in [1.82, 2.24) is 16.0 Å². The average molecular weight is 414 g/mol. The molecule has 0 radical (unpaired) electrons. The molecule has 1 amide bonds. The van der Waals surface area contributed by atoms with E-state index < -0.39 is 5.41 Å². The minimum Gasteiger partial charge on any atom is -0.374 e. The molecule has 0 atom stereocenters. The monoisotopic (exact) mass is 413 g/mol. The van der Waals surface area contributed by atoms with Crippen LogP contribution in [-0.4, -0.2) is 48.8 Å². The van der Waals surface area contributed by atoms with Gasteiger partial charge in [-0.1, -0.05) is 55.4 Å². The van der Waals surface area contributed by atoms with Gasteiger partial charge in [-0.2, -0.15) is 0 Å². The van der Waals surface area contributed by atoms with Gasteiger partial charge in [0.25, 0.3) is 0 Å². The maximum Gasteiger partial charge on any atom is 0.225 e. The second-order valence-electron chi connectivity index (χ2n) is 12.0. The van der Waals surface area contributed by atoms with E-state index in [1.807, 2.05) is 13.8 Å².